The molecule has 0 aliphatic carbocycles. The van der Waals surface area contributed by atoms with Gasteiger partial charge in [-0.2, -0.15) is 0 Å². The first-order chi connectivity index (χ1) is 13.3. The molecule has 1 fully saturated rings. The van der Waals surface area contributed by atoms with E-state index in [1.807, 2.05) is 12.1 Å². The third-order valence-corrected chi connectivity index (χ3v) is 6.14. The number of fused-ring (bicyclic) bond motifs is 3. The molecule has 1 N–H and O–H groups in total. The highest BCUT2D eigenvalue weighted by Crippen LogP contribution is 2.55. The molecule has 5 nitrogen and oxygen atoms in total. The summed E-state index contributed by atoms with van der Waals surface area (Å²) >= 11 is 1.30. The van der Waals surface area contributed by atoms with Gasteiger partial charge in [0.1, 0.15) is 5.75 Å². The van der Waals surface area contributed by atoms with Gasteiger partial charge in [0.25, 0.3) is 5.91 Å². The lowest BCUT2D eigenvalue weighted by atomic mass is 10.1. The number of benzene rings is 2. The van der Waals surface area contributed by atoms with Crippen LogP contribution < -0.4 is 15.0 Å². The van der Waals surface area contributed by atoms with Crippen LogP contribution >= 0.6 is 11.8 Å². The maximum Gasteiger partial charge on any atom is 0.573 e. The van der Waals surface area contributed by atoms with Crippen molar-refractivity contribution >= 4 is 29.3 Å². The summed E-state index contributed by atoms with van der Waals surface area (Å²) in [6.07, 6.45) is -4.25. The number of hydrogen-bond acceptors (Lipinski definition) is 4. The summed E-state index contributed by atoms with van der Waals surface area (Å²) in [5.74, 6) is -0.927. The molecule has 0 saturated carbocycles. The van der Waals surface area contributed by atoms with Crippen molar-refractivity contribution in [1.82, 2.24) is 5.32 Å². The summed E-state index contributed by atoms with van der Waals surface area (Å²) in [6, 6.07) is 12.9. The number of thioether (sulfide) groups is 1. The van der Waals surface area contributed by atoms with Crippen LogP contribution in [0.1, 0.15) is 18.4 Å². The molecule has 1 atom stereocenters. The zero-order chi connectivity index (χ0) is 19.9. The molecule has 2 aromatic rings. The maximum atomic E-state index is 13.0. The molecule has 1 unspecified atom stereocenters. The second kappa shape index (κ2) is 6.73. The Morgan fingerprint density at radius 3 is 2.68 bits per heavy atom. The summed E-state index contributed by atoms with van der Waals surface area (Å²) in [4.78, 5) is 26.7. The Labute approximate surface area is 162 Å². The van der Waals surface area contributed by atoms with Gasteiger partial charge in [-0.1, -0.05) is 42.1 Å². The number of halogens is 3. The number of carbonyl (C=O) groups excluding carboxylic acids is 2. The van der Waals surface area contributed by atoms with Gasteiger partial charge >= 0.3 is 6.36 Å². The lowest BCUT2D eigenvalue weighted by molar-refractivity contribution is -0.274. The second-order valence-corrected chi connectivity index (χ2v) is 7.74. The lowest BCUT2D eigenvalue weighted by Gasteiger charge is -2.29. The van der Waals surface area contributed by atoms with Gasteiger partial charge in [0.15, 0.2) is 4.87 Å². The topological polar surface area (TPSA) is 58.6 Å². The van der Waals surface area contributed by atoms with Gasteiger partial charge < -0.3 is 10.1 Å². The van der Waals surface area contributed by atoms with Gasteiger partial charge in [-0.25, -0.2) is 0 Å². The van der Waals surface area contributed by atoms with Crippen molar-refractivity contribution in [2.24, 2.45) is 0 Å². The number of amides is 2. The molecule has 0 spiro atoms. The molecule has 2 amide bonds. The Balaban J connectivity index is 1.55. The molecule has 0 aromatic heterocycles. The van der Waals surface area contributed by atoms with Crippen molar-refractivity contribution in [3.8, 4) is 5.75 Å². The first-order valence-electron chi connectivity index (χ1n) is 8.53. The van der Waals surface area contributed by atoms with E-state index in [2.05, 4.69) is 10.1 Å². The summed E-state index contributed by atoms with van der Waals surface area (Å²) < 4.78 is 41.8. The summed E-state index contributed by atoms with van der Waals surface area (Å²) in [7, 11) is 0. The van der Waals surface area contributed by atoms with Gasteiger partial charge in [0.05, 0.1) is 5.69 Å². The molecule has 2 aliphatic heterocycles. The SMILES string of the molecule is O=C1CCC2(C(=O)NCc3ccccc3OC(F)(F)F)Sc3ccccc3N12. The molecule has 2 aromatic carbocycles. The normalized spacial score (nSPS) is 20.7. The molecular weight excluding hydrogens is 393 g/mol. The zero-order valence-corrected chi connectivity index (χ0v) is 15.3. The number of alkyl halides is 3. The Morgan fingerprint density at radius 2 is 1.89 bits per heavy atom. The number of nitrogens with zero attached hydrogens (tertiary/aromatic N) is 1. The van der Waals surface area contributed by atoms with E-state index in [4.69, 9.17) is 0 Å². The smallest absolute Gasteiger partial charge is 0.405 e. The predicted molar refractivity (Wildman–Crippen MR) is 96.7 cm³/mol. The van der Waals surface area contributed by atoms with E-state index in [1.54, 1.807) is 18.2 Å². The second-order valence-electron chi connectivity index (χ2n) is 6.42. The van der Waals surface area contributed by atoms with Gasteiger partial charge in [0.2, 0.25) is 5.91 Å². The van der Waals surface area contributed by atoms with Crippen molar-refractivity contribution in [2.75, 3.05) is 4.90 Å². The van der Waals surface area contributed by atoms with E-state index < -0.39 is 17.1 Å². The van der Waals surface area contributed by atoms with Crippen LogP contribution in [0.3, 0.4) is 0 Å². The molecule has 4 rings (SSSR count). The first kappa shape index (κ1) is 18.7. The first-order valence-corrected chi connectivity index (χ1v) is 9.35. The standard InChI is InChI=1S/C19H15F3N2O3S/c20-19(21,22)27-14-7-3-1-5-12(14)11-23-17(26)18-10-9-16(25)24(18)13-6-2-4-8-15(13)28-18/h1-8H,9-11H2,(H,23,26). The van der Waals surface area contributed by atoms with Crippen LogP contribution in [-0.2, 0) is 16.1 Å². The van der Waals surface area contributed by atoms with Gasteiger partial charge in [-0.3, -0.25) is 14.5 Å². The average molecular weight is 408 g/mol. The molecule has 0 radical (unpaired) electrons. The third kappa shape index (κ3) is 3.19. The van der Waals surface area contributed by atoms with Gasteiger partial charge in [0, 0.05) is 23.4 Å². The molecule has 146 valence electrons. The van der Waals surface area contributed by atoms with Crippen LogP contribution in [0, 0.1) is 0 Å². The highest BCUT2D eigenvalue weighted by molar-refractivity contribution is 8.02. The zero-order valence-electron chi connectivity index (χ0n) is 14.5. The van der Waals surface area contributed by atoms with Crippen LogP contribution in [0.15, 0.2) is 53.4 Å². The Hall–Kier alpha value is -2.68. The lowest BCUT2D eigenvalue weighted by Crippen LogP contribution is -2.52. The van der Waals surface area contributed by atoms with E-state index >= 15 is 0 Å². The highest BCUT2D eigenvalue weighted by atomic mass is 32.2. The summed E-state index contributed by atoms with van der Waals surface area (Å²) in [5.41, 5.74) is 0.881. The largest absolute Gasteiger partial charge is 0.573 e. The Kier molecular flexibility index (Phi) is 4.49. The van der Waals surface area contributed by atoms with Gasteiger partial charge in [-0.05, 0) is 24.6 Å². The summed E-state index contributed by atoms with van der Waals surface area (Å²) in [5, 5.41) is 2.68. The van der Waals surface area contributed by atoms with Crippen molar-refractivity contribution in [2.45, 2.75) is 35.5 Å². The fraction of sp³-hybridized carbons (Fsp3) is 0.263. The number of para-hydroxylation sites is 2. The minimum Gasteiger partial charge on any atom is -0.405 e. The van der Waals surface area contributed by atoms with E-state index in [9.17, 15) is 22.8 Å². The van der Waals surface area contributed by atoms with Crippen LogP contribution in [0.5, 0.6) is 5.75 Å². The maximum absolute atomic E-state index is 13.0. The van der Waals surface area contributed by atoms with Crippen molar-refractivity contribution in [3.63, 3.8) is 0 Å². The third-order valence-electron chi connectivity index (χ3n) is 4.67. The van der Waals surface area contributed by atoms with Crippen LogP contribution in [-0.4, -0.2) is 23.0 Å². The molecule has 2 heterocycles. The number of carbonyl (C=O) groups is 2. The minimum atomic E-state index is -4.82. The summed E-state index contributed by atoms with van der Waals surface area (Å²) in [6.45, 7) is -0.147. The molecule has 28 heavy (non-hydrogen) atoms. The quantitative estimate of drug-likeness (QED) is 0.836. The monoisotopic (exact) mass is 408 g/mol. The van der Waals surface area contributed by atoms with E-state index in [-0.39, 0.29) is 30.2 Å². The molecular formula is C19H15F3N2O3S. The Bertz CT molecular complexity index is 950. The minimum absolute atomic E-state index is 0.145. The number of rotatable bonds is 4. The van der Waals surface area contributed by atoms with Crippen molar-refractivity contribution < 1.29 is 27.5 Å². The fourth-order valence-electron chi connectivity index (χ4n) is 3.49. The van der Waals surface area contributed by atoms with Crippen LogP contribution in [0.4, 0.5) is 18.9 Å². The Morgan fingerprint density at radius 1 is 1.18 bits per heavy atom. The molecule has 9 heteroatoms. The molecule has 0 bridgehead atoms. The van der Waals surface area contributed by atoms with E-state index in [0.29, 0.717) is 12.1 Å². The number of anilines is 1. The van der Waals surface area contributed by atoms with Crippen molar-refractivity contribution in [1.29, 1.82) is 0 Å². The highest BCUT2D eigenvalue weighted by Gasteiger charge is 2.57. The number of nitrogens with one attached hydrogen (secondary N) is 1. The number of hydrogen-bond donors (Lipinski definition) is 1. The molecule has 2 aliphatic rings. The molecule has 1 saturated heterocycles. The fourth-order valence-corrected chi connectivity index (χ4v) is 4.92. The predicted octanol–water partition coefficient (Wildman–Crippen LogP) is 3.83. The van der Waals surface area contributed by atoms with Crippen molar-refractivity contribution in [3.05, 3.63) is 54.1 Å². The average Bonchev–Trinajstić information content (AvgIpc) is 3.15. The van der Waals surface area contributed by atoms with Crippen LogP contribution in [0.25, 0.3) is 0 Å². The van der Waals surface area contributed by atoms with E-state index in [1.165, 1.54) is 34.9 Å². The van der Waals surface area contributed by atoms with Crippen LogP contribution in [0.2, 0.25) is 0 Å². The number of ether oxygens (including phenoxy) is 1. The van der Waals surface area contributed by atoms with Gasteiger partial charge in [-0.15, -0.1) is 13.2 Å². The van der Waals surface area contributed by atoms with E-state index in [0.717, 1.165) is 4.90 Å².